The molecule has 0 saturated heterocycles. The second kappa shape index (κ2) is 12.7. The zero-order chi connectivity index (χ0) is 29.8. The lowest BCUT2D eigenvalue weighted by Crippen LogP contribution is -2.71. The molecule has 8 nitrogen and oxygen atoms in total. The molecule has 0 spiro atoms. The standard InChI is InChI=1S/C30H38F2N4O4/c1-6-9-23(34-26(37)14-20-12-21(31)15-22(32)13-20)27(38)30(33)28(39)35(16-18(2)3)24-10-7-8-11-25(24)36(29(30)40)17-19(4)5/h7-8,10-13,15,18-19,23H,6,9,14,16-17,33H2,1-5H3,(H,34,37)/t23-/m0/s1. The van der Waals surface area contributed by atoms with E-state index in [9.17, 15) is 28.0 Å². The smallest absolute Gasteiger partial charge is 0.264 e. The number of benzene rings is 2. The first-order valence-electron chi connectivity index (χ1n) is 13.6. The summed E-state index contributed by atoms with van der Waals surface area (Å²) >= 11 is 0. The predicted molar refractivity (Wildman–Crippen MR) is 150 cm³/mol. The van der Waals surface area contributed by atoms with Crippen LogP contribution < -0.4 is 20.9 Å². The van der Waals surface area contributed by atoms with Crippen molar-refractivity contribution in [1.29, 1.82) is 0 Å². The van der Waals surface area contributed by atoms with E-state index in [2.05, 4.69) is 5.32 Å². The number of ketones is 1. The molecule has 0 aromatic heterocycles. The number of para-hydroxylation sites is 2. The Balaban J connectivity index is 2.05. The molecule has 0 saturated carbocycles. The molecule has 40 heavy (non-hydrogen) atoms. The first-order chi connectivity index (χ1) is 18.8. The van der Waals surface area contributed by atoms with Gasteiger partial charge in [-0.2, -0.15) is 0 Å². The Morgan fingerprint density at radius 3 is 1.80 bits per heavy atom. The highest BCUT2D eigenvalue weighted by atomic mass is 19.1. The molecule has 0 aliphatic carbocycles. The Morgan fingerprint density at radius 1 is 0.900 bits per heavy atom. The van der Waals surface area contributed by atoms with Gasteiger partial charge in [0.05, 0.1) is 23.8 Å². The quantitative estimate of drug-likeness (QED) is 0.410. The van der Waals surface area contributed by atoms with E-state index < -0.39 is 53.1 Å². The van der Waals surface area contributed by atoms with Crippen LogP contribution in [0.15, 0.2) is 42.5 Å². The van der Waals surface area contributed by atoms with Crippen LogP contribution in [-0.2, 0) is 25.6 Å². The molecule has 1 atom stereocenters. The number of anilines is 2. The fourth-order valence-electron chi connectivity index (χ4n) is 4.94. The fraction of sp³-hybridized carbons (Fsp3) is 0.467. The highest BCUT2D eigenvalue weighted by Crippen LogP contribution is 2.37. The zero-order valence-electron chi connectivity index (χ0n) is 23.7. The van der Waals surface area contributed by atoms with Crippen molar-refractivity contribution in [2.75, 3.05) is 22.9 Å². The first-order valence-corrected chi connectivity index (χ1v) is 13.6. The van der Waals surface area contributed by atoms with Crippen LogP contribution in [0.3, 0.4) is 0 Å². The van der Waals surface area contributed by atoms with Crippen LogP contribution in [0.2, 0.25) is 0 Å². The summed E-state index contributed by atoms with van der Waals surface area (Å²) in [6.07, 6.45) is 0.115. The molecule has 0 unspecified atom stereocenters. The molecular formula is C30H38F2N4O4. The number of nitrogens with one attached hydrogen (secondary N) is 1. The topological polar surface area (TPSA) is 113 Å². The number of carbonyl (C=O) groups is 4. The number of carbonyl (C=O) groups excluding carboxylic acids is 4. The molecule has 3 N–H and O–H groups in total. The summed E-state index contributed by atoms with van der Waals surface area (Å²) < 4.78 is 27.3. The number of nitrogens with zero attached hydrogens (tertiary/aromatic N) is 2. The summed E-state index contributed by atoms with van der Waals surface area (Å²) in [4.78, 5) is 58.1. The number of halogens is 2. The Hall–Kier alpha value is -3.66. The summed E-state index contributed by atoms with van der Waals surface area (Å²) in [6, 6.07) is 8.38. The number of Topliss-reactive ketones (excluding diaryl/α,β-unsaturated/α-hetero) is 1. The van der Waals surface area contributed by atoms with Crippen LogP contribution in [0.25, 0.3) is 0 Å². The van der Waals surface area contributed by atoms with Crippen LogP contribution in [0.1, 0.15) is 53.0 Å². The summed E-state index contributed by atoms with van der Waals surface area (Å²) in [7, 11) is 0. The van der Waals surface area contributed by atoms with Crippen molar-refractivity contribution in [3.8, 4) is 0 Å². The van der Waals surface area contributed by atoms with E-state index >= 15 is 0 Å². The lowest BCUT2D eigenvalue weighted by molar-refractivity contribution is -0.144. The average molecular weight is 557 g/mol. The van der Waals surface area contributed by atoms with E-state index in [0.717, 1.165) is 12.1 Å². The van der Waals surface area contributed by atoms with Gasteiger partial charge < -0.3 is 20.9 Å². The molecule has 0 bridgehead atoms. The number of rotatable bonds is 11. The van der Waals surface area contributed by atoms with Crippen molar-refractivity contribution in [1.82, 2.24) is 5.32 Å². The van der Waals surface area contributed by atoms with Gasteiger partial charge in [-0.3, -0.25) is 19.2 Å². The highest BCUT2D eigenvalue weighted by molar-refractivity contribution is 6.37. The fourth-order valence-corrected chi connectivity index (χ4v) is 4.94. The third-order valence-corrected chi connectivity index (χ3v) is 6.63. The molecule has 2 aromatic rings. The summed E-state index contributed by atoms with van der Waals surface area (Å²) in [5.41, 5.74) is 5.02. The maximum atomic E-state index is 14.1. The van der Waals surface area contributed by atoms with E-state index in [4.69, 9.17) is 5.73 Å². The number of nitrogens with two attached hydrogens (primary N) is 1. The van der Waals surface area contributed by atoms with Gasteiger partial charge in [-0.1, -0.05) is 53.2 Å². The van der Waals surface area contributed by atoms with Gasteiger partial charge in [-0.15, -0.1) is 0 Å². The molecule has 2 aromatic carbocycles. The second-order valence-electron chi connectivity index (χ2n) is 11.1. The van der Waals surface area contributed by atoms with Crippen LogP contribution in [-0.4, -0.2) is 48.2 Å². The van der Waals surface area contributed by atoms with Crippen LogP contribution in [0.4, 0.5) is 20.2 Å². The van der Waals surface area contributed by atoms with Gasteiger partial charge >= 0.3 is 0 Å². The van der Waals surface area contributed by atoms with Gasteiger partial charge in [0.1, 0.15) is 11.6 Å². The third kappa shape index (κ3) is 6.55. The van der Waals surface area contributed by atoms with E-state index in [1.807, 2.05) is 27.7 Å². The minimum atomic E-state index is -2.61. The first kappa shape index (κ1) is 30.9. The molecule has 0 radical (unpaired) electrons. The number of fused-ring (bicyclic) bond motifs is 1. The van der Waals surface area contributed by atoms with Crippen molar-refractivity contribution >= 4 is 34.9 Å². The van der Waals surface area contributed by atoms with Crippen LogP contribution in [0.5, 0.6) is 0 Å². The molecular weight excluding hydrogens is 518 g/mol. The molecule has 216 valence electrons. The maximum absolute atomic E-state index is 14.1. The molecule has 1 heterocycles. The molecule has 1 aliphatic rings. The van der Waals surface area contributed by atoms with Gasteiger partial charge in [0.2, 0.25) is 11.4 Å². The molecule has 3 rings (SSSR count). The minimum absolute atomic E-state index is 0.0130. The second-order valence-corrected chi connectivity index (χ2v) is 11.1. The molecule has 0 fully saturated rings. The van der Waals surface area contributed by atoms with Crippen molar-refractivity contribution in [2.45, 2.75) is 65.5 Å². The van der Waals surface area contributed by atoms with Crippen molar-refractivity contribution in [3.63, 3.8) is 0 Å². The third-order valence-electron chi connectivity index (χ3n) is 6.63. The van der Waals surface area contributed by atoms with Crippen molar-refractivity contribution in [2.24, 2.45) is 17.6 Å². The van der Waals surface area contributed by atoms with E-state index in [-0.39, 0.29) is 36.9 Å². The SMILES string of the molecule is CCC[C@H](NC(=O)Cc1cc(F)cc(F)c1)C(=O)C1(N)C(=O)N(CC(C)C)c2ccccc2N(CC(C)C)C1=O. The van der Waals surface area contributed by atoms with Gasteiger partial charge in [0, 0.05) is 19.2 Å². The normalized spacial score (nSPS) is 15.8. The van der Waals surface area contributed by atoms with E-state index in [1.165, 1.54) is 9.80 Å². The van der Waals surface area contributed by atoms with Gasteiger partial charge in [0.15, 0.2) is 5.78 Å². The van der Waals surface area contributed by atoms with Crippen LogP contribution >= 0.6 is 0 Å². The zero-order valence-corrected chi connectivity index (χ0v) is 23.7. The van der Waals surface area contributed by atoms with Gasteiger partial charge in [0.25, 0.3) is 11.8 Å². The lowest BCUT2D eigenvalue weighted by Gasteiger charge is -2.34. The van der Waals surface area contributed by atoms with Crippen LogP contribution in [0, 0.1) is 23.5 Å². The minimum Gasteiger partial charge on any atom is -0.346 e. The molecule has 1 aliphatic heterocycles. The monoisotopic (exact) mass is 556 g/mol. The molecule has 10 heteroatoms. The summed E-state index contributed by atoms with van der Waals surface area (Å²) in [5, 5.41) is 2.57. The number of hydrogen-bond acceptors (Lipinski definition) is 5. The maximum Gasteiger partial charge on any atom is 0.264 e. The van der Waals surface area contributed by atoms with Gasteiger partial charge in [-0.25, -0.2) is 8.78 Å². The van der Waals surface area contributed by atoms with Crippen molar-refractivity contribution < 1.29 is 28.0 Å². The summed E-state index contributed by atoms with van der Waals surface area (Å²) in [6.45, 7) is 9.82. The van der Waals surface area contributed by atoms with Crippen molar-refractivity contribution in [3.05, 3.63) is 59.7 Å². The summed E-state index contributed by atoms with van der Waals surface area (Å²) in [5.74, 6) is -5.06. The molecule has 3 amide bonds. The highest BCUT2D eigenvalue weighted by Gasteiger charge is 2.57. The largest absolute Gasteiger partial charge is 0.346 e. The number of amides is 3. The Morgan fingerprint density at radius 2 is 1.38 bits per heavy atom. The van der Waals surface area contributed by atoms with Gasteiger partial charge in [-0.05, 0) is 48.1 Å². The predicted octanol–water partition coefficient (Wildman–Crippen LogP) is 3.75. The van der Waals surface area contributed by atoms with E-state index in [1.54, 1.807) is 31.2 Å². The lowest BCUT2D eigenvalue weighted by atomic mass is 9.85. The van der Waals surface area contributed by atoms with E-state index in [0.29, 0.717) is 23.9 Å². The Labute approximate surface area is 233 Å². The average Bonchev–Trinajstić information content (AvgIpc) is 2.92. The number of hydrogen-bond donors (Lipinski definition) is 2. The Kier molecular flexibility index (Phi) is 9.78. The Bertz CT molecular complexity index is 1210.